The summed E-state index contributed by atoms with van der Waals surface area (Å²) in [6.07, 6.45) is 4.77. The number of nitrogens with zero attached hydrogens (tertiary/aromatic N) is 5. The highest BCUT2D eigenvalue weighted by atomic mass is 16.3. The van der Waals surface area contributed by atoms with E-state index in [-0.39, 0.29) is 5.91 Å². The number of carbonyl (C=O) groups excluding carboxylic acids is 1. The highest BCUT2D eigenvalue weighted by Gasteiger charge is 2.20. The molecular weight excluding hydrogens is 344 g/mol. The third-order valence-corrected chi connectivity index (χ3v) is 4.40. The lowest BCUT2D eigenvalue weighted by atomic mass is 10.1. The van der Waals surface area contributed by atoms with Gasteiger partial charge in [-0.25, -0.2) is 15.0 Å². The van der Waals surface area contributed by atoms with Crippen LogP contribution in [0.15, 0.2) is 59.6 Å². The molecule has 1 amide bonds. The van der Waals surface area contributed by atoms with Crippen molar-refractivity contribution in [3.63, 3.8) is 0 Å². The van der Waals surface area contributed by atoms with Gasteiger partial charge >= 0.3 is 0 Å². The summed E-state index contributed by atoms with van der Waals surface area (Å²) < 4.78 is 7.02. The van der Waals surface area contributed by atoms with E-state index in [1.165, 1.54) is 6.39 Å². The normalized spacial score (nSPS) is 13.3. The number of carbonyl (C=O) groups is 1. The van der Waals surface area contributed by atoms with E-state index in [4.69, 9.17) is 4.42 Å². The Hall–Kier alpha value is -3.81. The Kier molecular flexibility index (Phi) is 3.53. The van der Waals surface area contributed by atoms with Gasteiger partial charge in [0.25, 0.3) is 5.91 Å². The summed E-state index contributed by atoms with van der Waals surface area (Å²) in [6, 6.07) is 11.3. The SMILES string of the molecule is O=C1NCCn2nc(-c3ccnc(-c4ccc(-c5cnco5)cc4)n3)cc21. The summed E-state index contributed by atoms with van der Waals surface area (Å²) in [5.74, 6) is 1.18. The molecule has 8 heteroatoms. The third-order valence-electron chi connectivity index (χ3n) is 4.40. The van der Waals surface area contributed by atoms with Crippen molar-refractivity contribution in [2.45, 2.75) is 6.54 Å². The lowest BCUT2D eigenvalue weighted by molar-refractivity contribution is 0.0924. The number of benzene rings is 1. The molecule has 0 unspecified atom stereocenters. The molecule has 0 radical (unpaired) electrons. The average Bonchev–Trinajstić information content (AvgIpc) is 3.39. The van der Waals surface area contributed by atoms with Crippen molar-refractivity contribution in [1.29, 1.82) is 0 Å². The summed E-state index contributed by atoms with van der Waals surface area (Å²) in [5.41, 5.74) is 3.69. The summed E-state index contributed by atoms with van der Waals surface area (Å²) in [7, 11) is 0. The van der Waals surface area contributed by atoms with Crippen molar-refractivity contribution in [3.05, 3.63) is 60.9 Å². The van der Waals surface area contributed by atoms with Gasteiger partial charge < -0.3 is 9.73 Å². The monoisotopic (exact) mass is 358 g/mol. The standard InChI is InChI=1S/C19H14N6O2/c26-19-16-9-15(24-25(16)8-7-22-19)14-5-6-21-18(23-14)13-3-1-12(2-4-13)17-10-20-11-27-17/h1-6,9-11H,7-8H2,(H,22,26). The molecule has 0 spiro atoms. The van der Waals surface area contributed by atoms with Gasteiger partial charge in [0.2, 0.25) is 0 Å². The highest BCUT2D eigenvalue weighted by Crippen LogP contribution is 2.24. The minimum atomic E-state index is -0.114. The molecule has 4 aromatic rings. The minimum absolute atomic E-state index is 0.114. The zero-order valence-electron chi connectivity index (χ0n) is 14.2. The number of nitrogens with one attached hydrogen (secondary N) is 1. The van der Waals surface area contributed by atoms with Gasteiger partial charge in [-0.15, -0.1) is 0 Å². The fraction of sp³-hybridized carbons (Fsp3) is 0.105. The maximum atomic E-state index is 11.9. The molecule has 0 saturated carbocycles. The Bertz CT molecular complexity index is 1120. The fourth-order valence-corrected chi connectivity index (χ4v) is 3.04. The molecule has 132 valence electrons. The second-order valence-corrected chi connectivity index (χ2v) is 6.10. The number of hydrogen-bond acceptors (Lipinski definition) is 6. The van der Waals surface area contributed by atoms with E-state index in [9.17, 15) is 4.79 Å². The second-order valence-electron chi connectivity index (χ2n) is 6.10. The molecule has 1 N–H and O–H groups in total. The van der Waals surface area contributed by atoms with Crippen molar-refractivity contribution >= 4 is 5.91 Å². The van der Waals surface area contributed by atoms with Crippen LogP contribution in [0.5, 0.6) is 0 Å². The van der Waals surface area contributed by atoms with E-state index in [2.05, 4.69) is 25.4 Å². The largest absolute Gasteiger partial charge is 0.444 e. The number of oxazole rings is 1. The van der Waals surface area contributed by atoms with Gasteiger partial charge in [0.15, 0.2) is 18.0 Å². The van der Waals surface area contributed by atoms with E-state index in [1.54, 1.807) is 29.2 Å². The van der Waals surface area contributed by atoms with Gasteiger partial charge in [0, 0.05) is 23.9 Å². The fourth-order valence-electron chi connectivity index (χ4n) is 3.04. The molecule has 3 aromatic heterocycles. The van der Waals surface area contributed by atoms with Crippen molar-refractivity contribution in [3.8, 4) is 34.1 Å². The van der Waals surface area contributed by atoms with Gasteiger partial charge in [-0.3, -0.25) is 9.48 Å². The summed E-state index contributed by atoms with van der Waals surface area (Å²) in [5, 5.41) is 7.31. The average molecular weight is 358 g/mol. The van der Waals surface area contributed by atoms with Crippen molar-refractivity contribution in [2.75, 3.05) is 6.54 Å². The van der Waals surface area contributed by atoms with Crippen LogP contribution in [0.2, 0.25) is 0 Å². The Morgan fingerprint density at radius 2 is 1.93 bits per heavy atom. The van der Waals surface area contributed by atoms with Gasteiger partial charge in [0.05, 0.1) is 18.4 Å². The first-order chi connectivity index (χ1) is 13.3. The first-order valence-corrected chi connectivity index (χ1v) is 8.47. The van der Waals surface area contributed by atoms with Crippen LogP contribution in [0, 0.1) is 0 Å². The van der Waals surface area contributed by atoms with Gasteiger partial charge in [-0.1, -0.05) is 24.3 Å². The maximum absolute atomic E-state index is 11.9. The van der Waals surface area contributed by atoms with Gasteiger partial charge in [-0.05, 0) is 12.1 Å². The van der Waals surface area contributed by atoms with Crippen molar-refractivity contribution < 1.29 is 9.21 Å². The minimum Gasteiger partial charge on any atom is -0.444 e. The van der Waals surface area contributed by atoms with Gasteiger partial charge in [0.1, 0.15) is 11.4 Å². The second kappa shape index (κ2) is 6.17. The zero-order chi connectivity index (χ0) is 18.2. The van der Waals surface area contributed by atoms with Crippen molar-refractivity contribution in [2.24, 2.45) is 0 Å². The van der Waals surface area contributed by atoms with E-state index < -0.39 is 0 Å². The molecule has 0 aliphatic carbocycles. The first-order valence-electron chi connectivity index (χ1n) is 8.47. The van der Waals surface area contributed by atoms with Crippen molar-refractivity contribution in [1.82, 2.24) is 30.0 Å². The third kappa shape index (κ3) is 2.77. The molecule has 8 nitrogen and oxygen atoms in total. The van der Waals surface area contributed by atoms with E-state index in [1.807, 2.05) is 24.3 Å². The quantitative estimate of drug-likeness (QED) is 0.604. The predicted molar refractivity (Wildman–Crippen MR) is 96.5 cm³/mol. The van der Waals surface area contributed by atoms with Crippen LogP contribution in [0.1, 0.15) is 10.5 Å². The number of hydrogen-bond donors (Lipinski definition) is 1. The Morgan fingerprint density at radius 1 is 1.07 bits per heavy atom. The summed E-state index contributed by atoms with van der Waals surface area (Å²) in [6.45, 7) is 1.24. The Balaban J connectivity index is 1.48. The molecule has 27 heavy (non-hydrogen) atoms. The highest BCUT2D eigenvalue weighted by molar-refractivity contribution is 5.94. The van der Waals surface area contributed by atoms with Crippen LogP contribution in [0.3, 0.4) is 0 Å². The lowest BCUT2D eigenvalue weighted by Gasteiger charge is -2.13. The molecule has 4 heterocycles. The van der Waals surface area contributed by atoms with Crippen LogP contribution in [0.25, 0.3) is 34.1 Å². The molecule has 1 aromatic carbocycles. The van der Waals surface area contributed by atoms with Crippen LogP contribution in [-0.2, 0) is 6.54 Å². The number of fused-ring (bicyclic) bond motifs is 1. The van der Waals surface area contributed by atoms with E-state index in [0.29, 0.717) is 41.8 Å². The molecule has 0 bridgehead atoms. The molecule has 0 fully saturated rings. The molecular formula is C19H14N6O2. The Morgan fingerprint density at radius 3 is 2.70 bits per heavy atom. The van der Waals surface area contributed by atoms with Crippen LogP contribution < -0.4 is 5.32 Å². The predicted octanol–water partition coefficient (Wildman–Crippen LogP) is 2.41. The summed E-state index contributed by atoms with van der Waals surface area (Å²) in [4.78, 5) is 24.8. The topological polar surface area (TPSA) is 98.7 Å². The number of amides is 1. The Labute approximate surface area is 153 Å². The van der Waals surface area contributed by atoms with Crippen LogP contribution in [-0.4, -0.2) is 37.2 Å². The summed E-state index contributed by atoms with van der Waals surface area (Å²) >= 11 is 0. The van der Waals surface area contributed by atoms with Gasteiger partial charge in [-0.2, -0.15) is 5.10 Å². The number of aromatic nitrogens is 5. The van der Waals surface area contributed by atoms with E-state index in [0.717, 1.165) is 11.1 Å². The van der Waals surface area contributed by atoms with E-state index >= 15 is 0 Å². The van der Waals surface area contributed by atoms with Crippen LogP contribution >= 0.6 is 0 Å². The molecule has 1 aliphatic heterocycles. The lowest BCUT2D eigenvalue weighted by Crippen LogP contribution is -2.35. The smallest absolute Gasteiger partial charge is 0.269 e. The molecule has 0 saturated heterocycles. The maximum Gasteiger partial charge on any atom is 0.269 e. The molecule has 5 rings (SSSR count). The molecule has 1 aliphatic rings. The molecule has 0 atom stereocenters. The van der Waals surface area contributed by atoms with Crippen LogP contribution in [0.4, 0.5) is 0 Å². The zero-order valence-corrected chi connectivity index (χ0v) is 14.2. The number of rotatable bonds is 3. The first kappa shape index (κ1) is 15.4.